The van der Waals surface area contributed by atoms with Crippen LogP contribution in [-0.2, 0) is 0 Å². The third-order valence-corrected chi connectivity index (χ3v) is 4.26. The second-order valence-electron chi connectivity index (χ2n) is 5.60. The molecule has 0 heteroatoms. The molecule has 0 saturated heterocycles. The molecule has 2 atom stereocenters. The van der Waals surface area contributed by atoms with Crippen LogP contribution in [0.3, 0.4) is 0 Å². The summed E-state index contributed by atoms with van der Waals surface area (Å²) in [5, 5.41) is 0. The average Bonchev–Trinajstić information content (AvgIpc) is 2.17. The number of hydrogen-bond donors (Lipinski definition) is 0. The molecule has 0 aliphatic rings. The van der Waals surface area contributed by atoms with Crippen LogP contribution < -0.4 is 0 Å². The minimum atomic E-state index is 0.519. The third-order valence-electron chi connectivity index (χ3n) is 4.26. The molecular weight excluding hydrogens is 168 g/mol. The van der Waals surface area contributed by atoms with Gasteiger partial charge in [-0.25, -0.2) is 0 Å². The molecule has 0 aliphatic carbocycles. The van der Waals surface area contributed by atoms with E-state index in [1.807, 2.05) is 0 Å². The van der Waals surface area contributed by atoms with Crippen molar-refractivity contribution in [2.24, 2.45) is 17.3 Å². The molecule has 0 radical (unpaired) electrons. The number of unbranched alkanes of at least 4 members (excludes halogenated alkanes) is 2. The monoisotopic (exact) mass is 198 g/mol. The zero-order valence-electron chi connectivity index (χ0n) is 11.2. The van der Waals surface area contributed by atoms with Crippen LogP contribution in [0.2, 0.25) is 0 Å². The van der Waals surface area contributed by atoms with Gasteiger partial charge in [0, 0.05) is 0 Å². The van der Waals surface area contributed by atoms with Crippen LogP contribution >= 0.6 is 0 Å². The fraction of sp³-hybridized carbons (Fsp3) is 1.00. The van der Waals surface area contributed by atoms with Crippen molar-refractivity contribution in [3.05, 3.63) is 0 Å². The van der Waals surface area contributed by atoms with E-state index in [1.54, 1.807) is 0 Å². The van der Waals surface area contributed by atoms with Crippen LogP contribution in [0.5, 0.6) is 0 Å². The molecule has 0 aromatic rings. The molecule has 0 aliphatic heterocycles. The average molecular weight is 198 g/mol. The lowest BCUT2D eigenvalue weighted by molar-refractivity contribution is 0.151. The van der Waals surface area contributed by atoms with E-state index in [0.717, 1.165) is 11.8 Å². The first-order valence-electron chi connectivity index (χ1n) is 6.45. The molecule has 0 rings (SSSR count). The van der Waals surface area contributed by atoms with Crippen LogP contribution in [0.4, 0.5) is 0 Å². The van der Waals surface area contributed by atoms with Gasteiger partial charge in [-0.1, -0.05) is 73.6 Å². The Hall–Kier alpha value is 0. The standard InChI is InChI=1S/C14H30/c1-7-9-10-11-12(3)13(4)14(5,6)8-2/h12-13H,7-11H2,1-6H3. The second kappa shape index (κ2) is 6.48. The SMILES string of the molecule is CCCCCC(C)C(C)C(C)(C)CC. The first kappa shape index (κ1) is 14.0. The Kier molecular flexibility index (Phi) is 6.48. The molecule has 0 bridgehead atoms. The summed E-state index contributed by atoms with van der Waals surface area (Å²) in [5.41, 5.74) is 0.519. The van der Waals surface area contributed by atoms with Crippen molar-refractivity contribution in [2.75, 3.05) is 0 Å². The molecule has 0 saturated carbocycles. The van der Waals surface area contributed by atoms with Gasteiger partial charge in [-0.15, -0.1) is 0 Å². The van der Waals surface area contributed by atoms with Gasteiger partial charge in [-0.2, -0.15) is 0 Å². The van der Waals surface area contributed by atoms with E-state index in [9.17, 15) is 0 Å². The first-order valence-corrected chi connectivity index (χ1v) is 6.45. The van der Waals surface area contributed by atoms with Crippen molar-refractivity contribution in [3.8, 4) is 0 Å². The van der Waals surface area contributed by atoms with Crippen molar-refractivity contribution in [3.63, 3.8) is 0 Å². The molecule has 0 spiro atoms. The Balaban J connectivity index is 3.92. The van der Waals surface area contributed by atoms with Crippen molar-refractivity contribution in [1.29, 1.82) is 0 Å². The van der Waals surface area contributed by atoms with Gasteiger partial charge in [0.15, 0.2) is 0 Å². The molecule has 0 aromatic carbocycles. The summed E-state index contributed by atoms with van der Waals surface area (Å²) in [7, 11) is 0. The van der Waals surface area contributed by atoms with Crippen LogP contribution in [0.15, 0.2) is 0 Å². The summed E-state index contributed by atoms with van der Waals surface area (Å²) in [4.78, 5) is 0. The molecular formula is C14H30. The topological polar surface area (TPSA) is 0 Å². The van der Waals surface area contributed by atoms with Gasteiger partial charge in [0.1, 0.15) is 0 Å². The summed E-state index contributed by atoms with van der Waals surface area (Å²) in [6.07, 6.45) is 6.88. The van der Waals surface area contributed by atoms with Gasteiger partial charge >= 0.3 is 0 Å². The Morgan fingerprint density at radius 2 is 1.57 bits per heavy atom. The maximum Gasteiger partial charge on any atom is -0.0329 e. The molecule has 0 amide bonds. The highest BCUT2D eigenvalue weighted by Crippen LogP contribution is 2.37. The van der Waals surface area contributed by atoms with Gasteiger partial charge < -0.3 is 0 Å². The van der Waals surface area contributed by atoms with E-state index in [2.05, 4.69) is 41.5 Å². The molecule has 0 aromatic heterocycles. The quantitative estimate of drug-likeness (QED) is 0.488. The van der Waals surface area contributed by atoms with E-state index in [4.69, 9.17) is 0 Å². The molecule has 14 heavy (non-hydrogen) atoms. The van der Waals surface area contributed by atoms with Gasteiger partial charge in [0.25, 0.3) is 0 Å². The maximum atomic E-state index is 2.43. The van der Waals surface area contributed by atoms with E-state index < -0.39 is 0 Å². The second-order valence-corrected chi connectivity index (χ2v) is 5.60. The highest BCUT2D eigenvalue weighted by Gasteiger charge is 2.27. The zero-order valence-corrected chi connectivity index (χ0v) is 11.2. The van der Waals surface area contributed by atoms with Crippen molar-refractivity contribution < 1.29 is 0 Å². The Morgan fingerprint density at radius 1 is 1.00 bits per heavy atom. The summed E-state index contributed by atoms with van der Waals surface area (Å²) in [6, 6.07) is 0. The van der Waals surface area contributed by atoms with E-state index in [0.29, 0.717) is 5.41 Å². The van der Waals surface area contributed by atoms with Crippen LogP contribution in [0, 0.1) is 17.3 Å². The predicted octanol–water partition coefficient (Wildman–Crippen LogP) is 5.28. The summed E-state index contributed by atoms with van der Waals surface area (Å²) in [5.74, 6) is 1.74. The number of hydrogen-bond acceptors (Lipinski definition) is 0. The van der Waals surface area contributed by atoms with Crippen LogP contribution in [0.25, 0.3) is 0 Å². The molecule has 0 nitrogen and oxygen atoms in total. The van der Waals surface area contributed by atoms with Crippen LogP contribution in [-0.4, -0.2) is 0 Å². The van der Waals surface area contributed by atoms with E-state index in [-0.39, 0.29) is 0 Å². The lowest BCUT2D eigenvalue weighted by atomic mass is 9.71. The largest absolute Gasteiger partial charge is 0.0654 e. The smallest absolute Gasteiger partial charge is 0.0329 e. The normalized spacial score (nSPS) is 16.7. The van der Waals surface area contributed by atoms with E-state index in [1.165, 1.54) is 32.1 Å². The lowest BCUT2D eigenvalue weighted by Crippen LogP contribution is -2.26. The minimum Gasteiger partial charge on any atom is -0.0654 e. The summed E-state index contributed by atoms with van der Waals surface area (Å²) in [6.45, 7) is 14.3. The van der Waals surface area contributed by atoms with Crippen LogP contribution in [0.1, 0.15) is 73.6 Å². The minimum absolute atomic E-state index is 0.519. The van der Waals surface area contributed by atoms with E-state index >= 15 is 0 Å². The molecule has 86 valence electrons. The zero-order chi connectivity index (χ0) is 11.2. The highest BCUT2D eigenvalue weighted by molar-refractivity contribution is 4.77. The summed E-state index contributed by atoms with van der Waals surface area (Å²) < 4.78 is 0. The van der Waals surface area contributed by atoms with Crippen molar-refractivity contribution in [2.45, 2.75) is 73.6 Å². The predicted molar refractivity (Wildman–Crippen MR) is 66.5 cm³/mol. The number of rotatable bonds is 7. The molecule has 0 N–H and O–H groups in total. The molecule has 0 heterocycles. The third kappa shape index (κ3) is 4.48. The fourth-order valence-corrected chi connectivity index (χ4v) is 2.06. The highest BCUT2D eigenvalue weighted by atomic mass is 14.3. The van der Waals surface area contributed by atoms with Crippen molar-refractivity contribution in [1.82, 2.24) is 0 Å². The van der Waals surface area contributed by atoms with Gasteiger partial charge in [0.05, 0.1) is 0 Å². The summed E-state index contributed by atoms with van der Waals surface area (Å²) >= 11 is 0. The maximum absolute atomic E-state index is 2.43. The first-order chi connectivity index (χ1) is 6.45. The molecule has 2 unspecified atom stereocenters. The van der Waals surface area contributed by atoms with Gasteiger partial charge in [-0.05, 0) is 17.3 Å². The van der Waals surface area contributed by atoms with Gasteiger partial charge in [-0.3, -0.25) is 0 Å². The fourth-order valence-electron chi connectivity index (χ4n) is 2.06. The molecule has 0 fully saturated rings. The van der Waals surface area contributed by atoms with Gasteiger partial charge in [0.2, 0.25) is 0 Å². The Morgan fingerprint density at radius 3 is 2.00 bits per heavy atom. The Bertz CT molecular complexity index is 135. The Labute approximate surface area is 91.5 Å². The van der Waals surface area contributed by atoms with Crippen molar-refractivity contribution >= 4 is 0 Å². The lowest BCUT2D eigenvalue weighted by Gasteiger charge is -2.35.